The number of para-hydroxylation sites is 1. The molecule has 1 aliphatic heterocycles. The molecule has 1 aromatic carbocycles. The van der Waals surface area contributed by atoms with Crippen molar-refractivity contribution in [3.05, 3.63) is 29.8 Å². The van der Waals surface area contributed by atoms with Crippen LogP contribution >= 0.6 is 0 Å². The molecule has 0 amide bonds. The largest absolute Gasteiger partial charge is 0.377 e. The molecule has 1 heterocycles. The van der Waals surface area contributed by atoms with E-state index in [4.69, 9.17) is 0 Å². The number of hydrogen-bond donors (Lipinski definition) is 1. The Bertz CT molecular complexity index is 327. The maximum atomic E-state index is 3.43. The van der Waals surface area contributed by atoms with E-state index in [1.165, 1.54) is 43.6 Å². The van der Waals surface area contributed by atoms with Gasteiger partial charge in [0.15, 0.2) is 0 Å². The van der Waals surface area contributed by atoms with Crippen LogP contribution in [0.2, 0.25) is 0 Å². The summed E-state index contributed by atoms with van der Waals surface area (Å²) in [4.78, 5) is 2.22. The zero-order valence-corrected chi connectivity index (χ0v) is 10.4. The fourth-order valence-corrected chi connectivity index (χ4v) is 2.52. The van der Waals surface area contributed by atoms with Crippen molar-refractivity contribution in [3.63, 3.8) is 0 Å². The molecule has 0 aromatic heterocycles. The van der Waals surface area contributed by atoms with E-state index in [0.717, 1.165) is 5.92 Å². The molecule has 2 nitrogen and oxygen atoms in total. The topological polar surface area (TPSA) is 15.3 Å². The predicted molar refractivity (Wildman–Crippen MR) is 70.1 cm³/mol. The molecule has 1 saturated heterocycles. The van der Waals surface area contributed by atoms with Crippen LogP contribution in [0.1, 0.15) is 18.4 Å². The second-order valence-corrected chi connectivity index (χ2v) is 4.92. The minimum absolute atomic E-state index is 0.863. The number of piperidine rings is 1. The summed E-state index contributed by atoms with van der Waals surface area (Å²) in [7, 11) is 4.25. The van der Waals surface area contributed by atoms with Crippen molar-refractivity contribution in [2.75, 3.05) is 32.1 Å². The summed E-state index contributed by atoms with van der Waals surface area (Å²) < 4.78 is 0. The highest BCUT2D eigenvalue weighted by atomic mass is 15.1. The molecule has 0 radical (unpaired) electrons. The average Bonchev–Trinajstić information content (AvgIpc) is 2.31. The van der Waals surface area contributed by atoms with Crippen LogP contribution in [0.5, 0.6) is 0 Å². The molecule has 2 rings (SSSR count). The molecular weight excluding hydrogens is 196 g/mol. The van der Waals surface area contributed by atoms with Gasteiger partial charge in [0.1, 0.15) is 0 Å². The van der Waals surface area contributed by atoms with Gasteiger partial charge in [-0.15, -0.1) is 0 Å². The lowest BCUT2D eigenvalue weighted by Crippen LogP contribution is -2.29. The first-order valence-corrected chi connectivity index (χ1v) is 6.23. The van der Waals surface area contributed by atoms with Crippen LogP contribution < -0.4 is 10.2 Å². The van der Waals surface area contributed by atoms with Gasteiger partial charge in [-0.05, 0) is 49.9 Å². The van der Waals surface area contributed by atoms with Crippen LogP contribution in [-0.2, 0) is 6.42 Å². The molecule has 0 spiro atoms. The van der Waals surface area contributed by atoms with Crippen LogP contribution in [0.15, 0.2) is 24.3 Å². The standard InChI is InChI=1S/C14H22N2/c1-16(2)14-6-4-3-5-13(14)11-12-7-9-15-10-8-12/h3-6,12,15H,7-11H2,1-2H3. The molecule has 1 N–H and O–H groups in total. The molecule has 0 unspecified atom stereocenters. The zero-order chi connectivity index (χ0) is 11.4. The van der Waals surface area contributed by atoms with E-state index >= 15 is 0 Å². The van der Waals surface area contributed by atoms with Gasteiger partial charge in [0.2, 0.25) is 0 Å². The first-order chi connectivity index (χ1) is 7.77. The van der Waals surface area contributed by atoms with Gasteiger partial charge in [-0.3, -0.25) is 0 Å². The van der Waals surface area contributed by atoms with E-state index in [-0.39, 0.29) is 0 Å². The van der Waals surface area contributed by atoms with E-state index in [0.29, 0.717) is 0 Å². The number of nitrogens with zero attached hydrogens (tertiary/aromatic N) is 1. The monoisotopic (exact) mass is 218 g/mol. The average molecular weight is 218 g/mol. The molecular formula is C14H22N2. The predicted octanol–water partition coefficient (Wildman–Crippen LogP) is 2.29. The molecule has 16 heavy (non-hydrogen) atoms. The van der Waals surface area contributed by atoms with E-state index in [9.17, 15) is 0 Å². The molecule has 0 bridgehead atoms. The minimum atomic E-state index is 0.863. The summed E-state index contributed by atoms with van der Waals surface area (Å²) in [6.45, 7) is 2.38. The highest BCUT2D eigenvalue weighted by Crippen LogP contribution is 2.24. The third-order valence-electron chi connectivity index (χ3n) is 3.44. The second kappa shape index (κ2) is 5.35. The summed E-state index contributed by atoms with van der Waals surface area (Å²) >= 11 is 0. The van der Waals surface area contributed by atoms with Crippen LogP contribution in [0, 0.1) is 5.92 Å². The number of hydrogen-bond acceptors (Lipinski definition) is 2. The third kappa shape index (κ3) is 2.76. The normalized spacial score (nSPS) is 17.4. The Labute approximate surface area is 98.7 Å². The van der Waals surface area contributed by atoms with Crippen molar-refractivity contribution in [2.24, 2.45) is 5.92 Å². The van der Waals surface area contributed by atoms with E-state index in [1.807, 2.05) is 0 Å². The fourth-order valence-electron chi connectivity index (χ4n) is 2.52. The molecule has 2 heteroatoms. The fraction of sp³-hybridized carbons (Fsp3) is 0.571. The van der Waals surface area contributed by atoms with Crippen LogP contribution in [0.4, 0.5) is 5.69 Å². The summed E-state index contributed by atoms with van der Waals surface area (Å²) in [6, 6.07) is 8.78. The number of nitrogens with one attached hydrogen (secondary N) is 1. The lowest BCUT2D eigenvalue weighted by atomic mass is 9.90. The van der Waals surface area contributed by atoms with Crippen molar-refractivity contribution in [3.8, 4) is 0 Å². The Balaban J connectivity index is 2.07. The molecule has 0 aliphatic carbocycles. The smallest absolute Gasteiger partial charge is 0.0393 e. The van der Waals surface area contributed by atoms with E-state index in [1.54, 1.807) is 0 Å². The molecule has 0 atom stereocenters. The first-order valence-electron chi connectivity index (χ1n) is 6.23. The highest BCUT2D eigenvalue weighted by molar-refractivity contribution is 5.52. The number of benzene rings is 1. The van der Waals surface area contributed by atoms with Crippen molar-refractivity contribution in [1.29, 1.82) is 0 Å². The van der Waals surface area contributed by atoms with Crippen LogP contribution in [0.3, 0.4) is 0 Å². The Morgan fingerprint density at radius 3 is 2.56 bits per heavy atom. The Kier molecular flexibility index (Phi) is 3.83. The van der Waals surface area contributed by atoms with Crippen molar-refractivity contribution in [1.82, 2.24) is 5.32 Å². The van der Waals surface area contributed by atoms with Gasteiger partial charge in [-0.2, -0.15) is 0 Å². The van der Waals surface area contributed by atoms with E-state index in [2.05, 4.69) is 48.6 Å². The summed E-state index contributed by atoms with van der Waals surface area (Å²) in [5, 5.41) is 3.43. The van der Waals surface area contributed by atoms with Gasteiger partial charge in [-0.1, -0.05) is 18.2 Å². The first kappa shape index (κ1) is 11.5. The number of rotatable bonds is 3. The summed E-state index contributed by atoms with van der Waals surface area (Å²) in [6.07, 6.45) is 3.87. The lowest BCUT2D eigenvalue weighted by molar-refractivity contribution is 0.373. The Morgan fingerprint density at radius 2 is 1.88 bits per heavy atom. The highest BCUT2D eigenvalue weighted by Gasteiger charge is 2.15. The third-order valence-corrected chi connectivity index (χ3v) is 3.44. The van der Waals surface area contributed by atoms with Crippen molar-refractivity contribution >= 4 is 5.69 Å². The quantitative estimate of drug-likeness (QED) is 0.837. The zero-order valence-electron chi connectivity index (χ0n) is 10.4. The summed E-state index contributed by atoms with van der Waals surface area (Å²) in [5.41, 5.74) is 2.88. The molecule has 0 saturated carbocycles. The molecule has 1 aromatic rings. The second-order valence-electron chi connectivity index (χ2n) is 4.92. The SMILES string of the molecule is CN(C)c1ccccc1CC1CCNCC1. The summed E-state index contributed by atoms with van der Waals surface area (Å²) in [5.74, 6) is 0.863. The van der Waals surface area contributed by atoms with Gasteiger partial charge >= 0.3 is 0 Å². The molecule has 1 aliphatic rings. The van der Waals surface area contributed by atoms with Gasteiger partial charge in [0.25, 0.3) is 0 Å². The van der Waals surface area contributed by atoms with Gasteiger partial charge in [0.05, 0.1) is 0 Å². The van der Waals surface area contributed by atoms with Crippen LogP contribution in [0.25, 0.3) is 0 Å². The lowest BCUT2D eigenvalue weighted by Gasteiger charge is -2.25. The maximum Gasteiger partial charge on any atom is 0.0393 e. The van der Waals surface area contributed by atoms with Crippen molar-refractivity contribution in [2.45, 2.75) is 19.3 Å². The van der Waals surface area contributed by atoms with E-state index < -0.39 is 0 Å². The molecule has 88 valence electrons. The van der Waals surface area contributed by atoms with Crippen molar-refractivity contribution < 1.29 is 0 Å². The van der Waals surface area contributed by atoms with Gasteiger partial charge in [-0.25, -0.2) is 0 Å². The Hall–Kier alpha value is -1.02. The Morgan fingerprint density at radius 1 is 1.19 bits per heavy atom. The van der Waals surface area contributed by atoms with Gasteiger partial charge < -0.3 is 10.2 Å². The number of anilines is 1. The van der Waals surface area contributed by atoms with Gasteiger partial charge in [0, 0.05) is 19.8 Å². The minimum Gasteiger partial charge on any atom is -0.377 e. The maximum absolute atomic E-state index is 3.43. The van der Waals surface area contributed by atoms with Crippen LogP contribution in [-0.4, -0.2) is 27.2 Å². The molecule has 1 fully saturated rings.